The van der Waals surface area contributed by atoms with E-state index in [9.17, 15) is 13.2 Å². The molecule has 0 radical (unpaired) electrons. The van der Waals surface area contributed by atoms with Gasteiger partial charge in [0.15, 0.2) is 0 Å². The van der Waals surface area contributed by atoms with Crippen molar-refractivity contribution in [1.82, 2.24) is 9.71 Å². The van der Waals surface area contributed by atoms with Crippen molar-refractivity contribution in [3.05, 3.63) is 41.3 Å². The highest BCUT2D eigenvalue weighted by Gasteiger charge is 2.15. The number of rotatable bonds is 4. The van der Waals surface area contributed by atoms with Gasteiger partial charge in [-0.2, -0.15) is 0 Å². The Hall–Kier alpha value is -1.40. The second-order valence-corrected chi connectivity index (χ2v) is 4.24. The third kappa shape index (κ3) is 2.30. The minimum absolute atomic E-state index is 0.0939. The van der Waals surface area contributed by atoms with Crippen LogP contribution in [0.5, 0.6) is 0 Å². The normalized spacial score (nSPS) is 11.1. The fourth-order valence-corrected chi connectivity index (χ4v) is 1.92. The fraction of sp³-hybridized carbons (Fsp3) is 0.125. The van der Waals surface area contributed by atoms with E-state index < -0.39 is 15.6 Å². The maximum Gasteiger partial charge on any atom is 0.268 e. The minimum atomic E-state index is -3.72. The molecule has 0 spiro atoms. The molecular weight excluding hydrogens is 204 g/mol. The van der Waals surface area contributed by atoms with Crippen molar-refractivity contribution in [2.24, 2.45) is 0 Å². The smallest absolute Gasteiger partial charge is 0.268 e. The highest BCUT2D eigenvalue weighted by molar-refractivity contribution is 7.89. The fourth-order valence-electron chi connectivity index (χ4n) is 0.864. The van der Waals surface area contributed by atoms with Crippen molar-refractivity contribution in [3.63, 3.8) is 0 Å². The van der Waals surface area contributed by atoms with Crippen molar-refractivity contribution in [3.8, 4) is 0 Å². The monoisotopic (exact) mass is 214 g/mol. The van der Waals surface area contributed by atoms with Crippen LogP contribution in [-0.2, 0) is 10.0 Å². The largest absolute Gasteiger partial charge is 0.328 e. The van der Waals surface area contributed by atoms with Gasteiger partial charge in [0.2, 0.25) is 10.0 Å². The predicted molar refractivity (Wildman–Crippen MR) is 52.4 cm³/mol. The second-order valence-electron chi connectivity index (χ2n) is 2.50. The summed E-state index contributed by atoms with van der Waals surface area (Å²) in [4.78, 5) is 13.1. The van der Waals surface area contributed by atoms with Crippen molar-refractivity contribution < 1.29 is 8.42 Å². The summed E-state index contributed by atoms with van der Waals surface area (Å²) in [5, 5.41) is 0. The first kappa shape index (κ1) is 10.7. The van der Waals surface area contributed by atoms with Crippen LogP contribution in [0.2, 0.25) is 0 Å². The number of pyridine rings is 1. The summed E-state index contributed by atoms with van der Waals surface area (Å²) in [6.45, 7) is 3.46. The Kier molecular flexibility index (Phi) is 3.21. The van der Waals surface area contributed by atoms with Crippen molar-refractivity contribution >= 4 is 10.0 Å². The average Bonchev–Trinajstić information content (AvgIpc) is 2.15. The molecule has 5 nitrogen and oxygen atoms in total. The van der Waals surface area contributed by atoms with Gasteiger partial charge in [0, 0.05) is 12.7 Å². The van der Waals surface area contributed by atoms with Gasteiger partial charge in [-0.1, -0.05) is 6.08 Å². The van der Waals surface area contributed by atoms with Gasteiger partial charge in [-0.05, 0) is 12.1 Å². The molecule has 0 saturated heterocycles. The Morgan fingerprint density at radius 1 is 1.57 bits per heavy atom. The van der Waals surface area contributed by atoms with E-state index in [1.807, 2.05) is 0 Å². The molecule has 6 heteroatoms. The van der Waals surface area contributed by atoms with E-state index in [2.05, 4.69) is 16.3 Å². The molecule has 2 N–H and O–H groups in total. The maximum atomic E-state index is 11.4. The minimum Gasteiger partial charge on any atom is -0.328 e. The summed E-state index contributed by atoms with van der Waals surface area (Å²) in [6, 6.07) is 2.69. The number of H-pyrrole nitrogens is 1. The molecule has 0 atom stereocenters. The standard InChI is InChI=1S/C8H10N2O3S/c1-2-5-10-14(12,13)7-4-3-6-9-8(7)11/h2-4,6,10H,1,5H2,(H,9,11). The SMILES string of the molecule is C=CCNS(=O)(=O)c1ccc[nH]c1=O. The van der Waals surface area contributed by atoms with Gasteiger partial charge < -0.3 is 4.98 Å². The van der Waals surface area contributed by atoms with Crippen LogP contribution in [0.4, 0.5) is 0 Å². The quantitative estimate of drug-likeness (QED) is 0.683. The molecule has 1 aromatic heterocycles. The van der Waals surface area contributed by atoms with Gasteiger partial charge in [0.05, 0.1) is 0 Å². The number of aromatic amines is 1. The second kappa shape index (κ2) is 4.21. The van der Waals surface area contributed by atoms with Gasteiger partial charge in [0.25, 0.3) is 5.56 Å². The number of hydrogen-bond acceptors (Lipinski definition) is 3. The lowest BCUT2D eigenvalue weighted by Crippen LogP contribution is -2.29. The zero-order valence-electron chi connectivity index (χ0n) is 7.36. The molecule has 0 aliphatic rings. The van der Waals surface area contributed by atoms with Crippen LogP contribution in [-0.4, -0.2) is 19.9 Å². The Labute approximate surface area is 81.5 Å². The lowest BCUT2D eigenvalue weighted by Gasteiger charge is -2.02. The van der Waals surface area contributed by atoms with Crippen molar-refractivity contribution in [2.75, 3.05) is 6.54 Å². The topological polar surface area (TPSA) is 79.0 Å². The van der Waals surface area contributed by atoms with Crippen LogP contribution in [0, 0.1) is 0 Å². The molecule has 0 amide bonds. The highest BCUT2D eigenvalue weighted by atomic mass is 32.2. The van der Waals surface area contributed by atoms with Crippen LogP contribution < -0.4 is 10.3 Å². The van der Waals surface area contributed by atoms with Gasteiger partial charge in [-0.25, -0.2) is 13.1 Å². The summed E-state index contributed by atoms with van der Waals surface area (Å²) >= 11 is 0. The van der Waals surface area contributed by atoms with Crippen LogP contribution in [0.3, 0.4) is 0 Å². The van der Waals surface area contributed by atoms with E-state index in [0.29, 0.717) is 0 Å². The zero-order chi connectivity index (χ0) is 10.6. The van der Waals surface area contributed by atoms with Crippen molar-refractivity contribution in [1.29, 1.82) is 0 Å². The Morgan fingerprint density at radius 3 is 2.86 bits per heavy atom. The van der Waals surface area contributed by atoms with E-state index in [-0.39, 0.29) is 11.4 Å². The Balaban J connectivity index is 3.11. The van der Waals surface area contributed by atoms with Crippen LogP contribution >= 0.6 is 0 Å². The third-order valence-electron chi connectivity index (χ3n) is 1.49. The van der Waals surface area contributed by atoms with Gasteiger partial charge in [-0.15, -0.1) is 6.58 Å². The van der Waals surface area contributed by atoms with E-state index in [0.717, 1.165) is 0 Å². The summed E-state index contributed by atoms with van der Waals surface area (Å²) in [6.07, 6.45) is 2.77. The first-order valence-electron chi connectivity index (χ1n) is 3.86. The molecule has 14 heavy (non-hydrogen) atoms. The van der Waals surface area contributed by atoms with E-state index >= 15 is 0 Å². The summed E-state index contributed by atoms with van der Waals surface area (Å²) in [7, 11) is -3.72. The van der Waals surface area contributed by atoms with Crippen LogP contribution in [0.1, 0.15) is 0 Å². The maximum absolute atomic E-state index is 11.4. The molecule has 0 fully saturated rings. The predicted octanol–water partition coefficient (Wildman–Crippen LogP) is -0.161. The van der Waals surface area contributed by atoms with E-state index in [4.69, 9.17) is 0 Å². The molecule has 0 aliphatic carbocycles. The molecule has 1 rings (SSSR count). The Bertz CT molecular complexity index is 475. The molecule has 1 aromatic rings. The number of aromatic nitrogens is 1. The third-order valence-corrected chi connectivity index (χ3v) is 2.94. The highest BCUT2D eigenvalue weighted by Crippen LogP contribution is 1.99. The number of sulfonamides is 1. The molecule has 76 valence electrons. The molecule has 0 aromatic carbocycles. The van der Waals surface area contributed by atoms with Gasteiger partial charge in [0.1, 0.15) is 4.90 Å². The van der Waals surface area contributed by atoms with Gasteiger partial charge >= 0.3 is 0 Å². The van der Waals surface area contributed by atoms with Crippen molar-refractivity contribution in [2.45, 2.75) is 4.90 Å². The number of hydrogen-bond donors (Lipinski definition) is 2. The van der Waals surface area contributed by atoms with Gasteiger partial charge in [-0.3, -0.25) is 4.79 Å². The molecular formula is C8H10N2O3S. The first-order valence-corrected chi connectivity index (χ1v) is 5.34. The lowest BCUT2D eigenvalue weighted by molar-refractivity contribution is 0.584. The van der Waals surface area contributed by atoms with Crippen LogP contribution in [0.25, 0.3) is 0 Å². The summed E-state index contributed by atoms with van der Waals surface area (Å²) in [5.41, 5.74) is -0.635. The van der Waals surface area contributed by atoms with Crippen LogP contribution in [0.15, 0.2) is 40.7 Å². The number of nitrogens with one attached hydrogen (secondary N) is 2. The molecule has 1 heterocycles. The summed E-state index contributed by atoms with van der Waals surface area (Å²) in [5.74, 6) is 0. The molecule has 0 unspecified atom stereocenters. The average molecular weight is 214 g/mol. The lowest BCUT2D eigenvalue weighted by atomic mass is 10.5. The zero-order valence-corrected chi connectivity index (χ0v) is 8.17. The molecule has 0 saturated carbocycles. The first-order chi connectivity index (χ1) is 6.58. The Morgan fingerprint density at radius 2 is 2.29 bits per heavy atom. The summed E-state index contributed by atoms with van der Waals surface area (Å²) < 4.78 is 25.1. The molecule has 0 aliphatic heterocycles. The molecule has 0 bridgehead atoms. The van der Waals surface area contributed by atoms with E-state index in [1.54, 1.807) is 0 Å². The van der Waals surface area contributed by atoms with E-state index in [1.165, 1.54) is 24.4 Å².